The molecule has 0 aliphatic rings. The molecule has 0 aromatic carbocycles. The van der Waals surface area contributed by atoms with Gasteiger partial charge in [0, 0.05) is 0 Å². The minimum atomic E-state index is -3.39. The molecule has 0 spiro atoms. The van der Waals surface area contributed by atoms with E-state index in [0.29, 0.717) is 5.96 Å². The molecule has 0 atom stereocenters. The number of hydrogen-bond donors (Lipinski definition) is 0. The first-order valence-electron chi connectivity index (χ1n) is 2.66. The van der Waals surface area contributed by atoms with E-state index in [2.05, 4.69) is 9.73 Å². The van der Waals surface area contributed by atoms with Crippen LogP contribution in [0, 0.1) is 0 Å². The molecular formula is C4H6Cl2NO3P. The van der Waals surface area contributed by atoms with Crippen LogP contribution in [0.1, 0.15) is 6.92 Å². The van der Waals surface area contributed by atoms with E-state index in [0.717, 1.165) is 0 Å². The number of carbonyl (C=O) groups is 1. The van der Waals surface area contributed by atoms with Gasteiger partial charge in [-0.15, -0.1) is 0 Å². The van der Waals surface area contributed by atoms with E-state index in [4.69, 9.17) is 22.5 Å². The lowest BCUT2D eigenvalue weighted by atomic mass is 10.9. The van der Waals surface area contributed by atoms with Crippen molar-refractivity contribution >= 4 is 40.4 Å². The molecule has 0 aliphatic carbocycles. The lowest BCUT2D eigenvalue weighted by Crippen LogP contribution is -1.96. The number of hydrogen-bond acceptors (Lipinski definition) is 3. The summed E-state index contributed by atoms with van der Waals surface area (Å²) in [6, 6.07) is 0. The minimum absolute atomic E-state index is 0.199. The molecule has 0 bridgehead atoms. The van der Waals surface area contributed by atoms with Crippen molar-refractivity contribution in [3.05, 3.63) is 0 Å². The molecule has 0 N–H and O–H groups in total. The molecule has 0 aliphatic heterocycles. The summed E-state index contributed by atoms with van der Waals surface area (Å²) in [5.41, 5.74) is 0. The van der Waals surface area contributed by atoms with Crippen LogP contribution in [0.3, 0.4) is 0 Å². The Morgan fingerprint density at radius 2 is 2.27 bits per heavy atom. The fraction of sp³-hybridized carbons (Fsp3) is 0.500. The maximum atomic E-state index is 10.5. The van der Waals surface area contributed by atoms with Crippen molar-refractivity contribution in [2.24, 2.45) is 4.99 Å². The van der Waals surface area contributed by atoms with Crippen LogP contribution in [0.4, 0.5) is 4.79 Å². The van der Waals surface area contributed by atoms with Gasteiger partial charge in [0.2, 0.25) is 0 Å². The van der Waals surface area contributed by atoms with Gasteiger partial charge in [0.25, 0.3) is 5.85 Å². The molecule has 1 amide bonds. The van der Waals surface area contributed by atoms with Gasteiger partial charge in [-0.25, -0.2) is 4.79 Å². The van der Waals surface area contributed by atoms with E-state index in [1.54, 1.807) is 6.92 Å². The molecule has 0 aromatic heterocycles. The molecule has 64 valence electrons. The third-order valence-electron chi connectivity index (χ3n) is 0.565. The van der Waals surface area contributed by atoms with Crippen molar-refractivity contribution in [3.8, 4) is 0 Å². The van der Waals surface area contributed by atoms with Crippen LogP contribution in [0.2, 0.25) is 0 Å². The van der Waals surface area contributed by atoms with Gasteiger partial charge in [-0.2, -0.15) is 4.99 Å². The maximum absolute atomic E-state index is 10.5. The minimum Gasteiger partial charge on any atom is -0.448 e. The van der Waals surface area contributed by atoms with Crippen molar-refractivity contribution in [2.45, 2.75) is 6.92 Å². The van der Waals surface area contributed by atoms with Gasteiger partial charge in [0.1, 0.15) is 0 Å². The zero-order valence-electron chi connectivity index (χ0n) is 5.66. The predicted octanol–water partition coefficient (Wildman–Crippen LogP) is 2.84. The lowest BCUT2D eigenvalue weighted by molar-refractivity contribution is 0.164. The average Bonchev–Trinajstić information content (AvgIpc) is 1.83. The van der Waals surface area contributed by atoms with E-state index in [-0.39, 0.29) is 6.61 Å². The second-order valence-electron chi connectivity index (χ2n) is 1.45. The molecule has 0 saturated carbocycles. The third-order valence-corrected chi connectivity index (χ3v) is 1.47. The summed E-state index contributed by atoms with van der Waals surface area (Å²) in [5.74, 6) is -2.72. The predicted molar refractivity (Wildman–Crippen MR) is 44.8 cm³/mol. The molecule has 0 fully saturated rings. The highest BCUT2D eigenvalue weighted by Gasteiger charge is 2.09. The fourth-order valence-corrected chi connectivity index (χ4v) is 0.766. The molecule has 0 heterocycles. The number of nitrogens with zero attached hydrogens (tertiary/aromatic N) is 1. The van der Waals surface area contributed by atoms with Crippen molar-refractivity contribution < 1.29 is 14.1 Å². The molecular weight excluding hydrogens is 212 g/mol. The Hall–Kier alpha value is -0.0500. The van der Waals surface area contributed by atoms with Crippen molar-refractivity contribution in [1.29, 1.82) is 0 Å². The Morgan fingerprint density at radius 3 is 2.64 bits per heavy atom. The van der Waals surface area contributed by atoms with Gasteiger partial charge in [0.15, 0.2) is 0 Å². The van der Waals surface area contributed by atoms with Crippen LogP contribution in [-0.4, -0.2) is 18.7 Å². The van der Waals surface area contributed by atoms with Crippen LogP contribution in [0.5, 0.6) is 0 Å². The van der Waals surface area contributed by atoms with E-state index in [1.807, 2.05) is 0 Å². The van der Waals surface area contributed by atoms with E-state index >= 15 is 0 Å². The monoisotopic (exact) mass is 217 g/mol. The SMILES string of the molecule is CCOC(=O)N=CP(=O)(Cl)Cl. The van der Waals surface area contributed by atoms with Gasteiger partial charge in [-0.1, -0.05) is 0 Å². The number of amides is 1. The number of carbonyl (C=O) groups excluding carboxylic acids is 1. The van der Waals surface area contributed by atoms with Gasteiger partial charge < -0.3 is 4.74 Å². The number of rotatable bonds is 2. The summed E-state index contributed by atoms with van der Waals surface area (Å²) in [6.45, 7) is 1.82. The van der Waals surface area contributed by atoms with Crippen LogP contribution >= 0.6 is 28.3 Å². The van der Waals surface area contributed by atoms with E-state index in [9.17, 15) is 9.36 Å². The standard InChI is InChI=1S/C4H6Cl2NO3P/c1-2-10-4(8)7-3-11(5,6)9/h3H,2H2,1H3. The topological polar surface area (TPSA) is 55.7 Å². The van der Waals surface area contributed by atoms with Crippen molar-refractivity contribution in [1.82, 2.24) is 0 Å². The highest BCUT2D eigenvalue weighted by Crippen LogP contribution is 2.53. The van der Waals surface area contributed by atoms with Crippen molar-refractivity contribution in [2.75, 3.05) is 6.61 Å². The summed E-state index contributed by atoms with van der Waals surface area (Å²) < 4.78 is 14.9. The summed E-state index contributed by atoms with van der Waals surface area (Å²) in [6.07, 6.45) is -0.853. The normalized spacial score (nSPS) is 11.9. The Labute approximate surface area is 73.5 Å². The van der Waals surface area contributed by atoms with Gasteiger partial charge in [-0.05, 0) is 29.4 Å². The zero-order chi connectivity index (χ0) is 8.91. The molecule has 0 rings (SSSR count). The molecule has 0 aromatic rings. The first-order valence-corrected chi connectivity index (χ1v) is 6.25. The van der Waals surface area contributed by atoms with E-state index in [1.165, 1.54) is 0 Å². The second kappa shape index (κ2) is 4.75. The molecule has 7 heteroatoms. The number of halogens is 2. The van der Waals surface area contributed by atoms with Crippen LogP contribution < -0.4 is 0 Å². The van der Waals surface area contributed by atoms with Crippen LogP contribution in [-0.2, 0) is 9.30 Å². The summed E-state index contributed by atoms with van der Waals surface area (Å²) in [4.78, 5) is 13.5. The van der Waals surface area contributed by atoms with Crippen LogP contribution in [0.15, 0.2) is 4.99 Å². The van der Waals surface area contributed by atoms with E-state index < -0.39 is 11.9 Å². The molecule has 4 nitrogen and oxygen atoms in total. The fourth-order valence-electron chi connectivity index (χ4n) is 0.275. The Morgan fingerprint density at radius 1 is 1.73 bits per heavy atom. The Balaban J connectivity index is 3.94. The summed E-state index contributed by atoms with van der Waals surface area (Å²) >= 11 is 10.1. The highest BCUT2D eigenvalue weighted by atomic mass is 35.9. The Bertz CT molecular complexity index is 211. The molecule has 0 saturated heterocycles. The Kier molecular flexibility index (Phi) is 4.73. The largest absolute Gasteiger partial charge is 0.448 e. The molecule has 11 heavy (non-hydrogen) atoms. The molecule has 0 unspecified atom stereocenters. The maximum Gasteiger partial charge on any atom is 0.433 e. The average molecular weight is 218 g/mol. The first-order chi connectivity index (χ1) is 4.95. The summed E-state index contributed by atoms with van der Waals surface area (Å²) in [5, 5.41) is 0. The van der Waals surface area contributed by atoms with Gasteiger partial charge in [0.05, 0.1) is 12.6 Å². The third kappa shape index (κ3) is 7.85. The number of aliphatic imine (C=N–C) groups is 1. The van der Waals surface area contributed by atoms with Crippen molar-refractivity contribution in [3.63, 3.8) is 0 Å². The molecule has 0 radical (unpaired) electrons. The zero-order valence-corrected chi connectivity index (χ0v) is 8.07. The smallest absolute Gasteiger partial charge is 0.433 e. The lowest BCUT2D eigenvalue weighted by Gasteiger charge is -1.93. The quantitative estimate of drug-likeness (QED) is 0.528. The number of ether oxygens (including phenoxy) is 1. The second-order valence-corrected chi connectivity index (χ2v) is 6.21. The highest BCUT2D eigenvalue weighted by molar-refractivity contribution is 8.17. The van der Waals surface area contributed by atoms with Crippen LogP contribution in [0.25, 0.3) is 0 Å². The first kappa shape index (κ1) is 11.0. The van der Waals surface area contributed by atoms with Gasteiger partial charge in [-0.3, -0.25) is 4.57 Å². The summed E-state index contributed by atoms with van der Waals surface area (Å²) in [7, 11) is 0. The van der Waals surface area contributed by atoms with Gasteiger partial charge >= 0.3 is 6.09 Å².